The lowest BCUT2D eigenvalue weighted by atomic mass is 9.94. The molecule has 0 radical (unpaired) electrons. The molecular formula is C14H26N2O3. The molecule has 1 aliphatic heterocycles. The monoisotopic (exact) mass is 270 g/mol. The highest BCUT2D eigenvalue weighted by atomic mass is 16.5. The van der Waals surface area contributed by atoms with Crippen LogP contribution in [0.2, 0.25) is 0 Å². The van der Waals surface area contributed by atoms with Crippen molar-refractivity contribution in [2.24, 2.45) is 23.5 Å². The first-order valence-electron chi connectivity index (χ1n) is 7.16. The molecule has 2 atom stereocenters. The number of esters is 1. The van der Waals surface area contributed by atoms with Crippen LogP contribution in [0.1, 0.15) is 39.5 Å². The molecule has 5 heteroatoms. The van der Waals surface area contributed by atoms with Gasteiger partial charge in [0, 0.05) is 13.0 Å². The van der Waals surface area contributed by atoms with Crippen LogP contribution in [0, 0.1) is 17.8 Å². The summed E-state index contributed by atoms with van der Waals surface area (Å²) in [5.74, 6) is 0.267. The van der Waals surface area contributed by atoms with Crippen LogP contribution in [-0.4, -0.2) is 31.6 Å². The van der Waals surface area contributed by atoms with E-state index in [0.717, 1.165) is 25.8 Å². The molecule has 0 aromatic heterocycles. The predicted octanol–water partition coefficient (Wildman–Crippen LogP) is 1.07. The Morgan fingerprint density at radius 1 is 1.53 bits per heavy atom. The van der Waals surface area contributed by atoms with Crippen molar-refractivity contribution in [1.29, 1.82) is 0 Å². The summed E-state index contributed by atoms with van der Waals surface area (Å²) in [6.45, 7) is 5.65. The maximum atomic E-state index is 11.7. The molecule has 0 aromatic rings. The van der Waals surface area contributed by atoms with Gasteiger partial charge in [0.15, 0.2) is 0 Å². The number of rotatable bonds is 7. The first-order chi connectivity index (χ1) is 9.02. The highest BCUT2D eigenvalue weighted by Crippen LogP contribution is 2.16. The summed E-state index contributed by atoms with van der Waals surface area (Å²) in [5.41, 5.74) is 5.66. The van der Waals surface area contributed by atoms with E-state index in [2.05, 4.69) is 19.2 Å². The summed E-state index contributed by atoms with van der Waals surface area (Å²) < 4.78 is 5.21. The van der Waals surface area contributed by atoms with Gasteiger partial charge in [-0.2, -0.15) is 0 Å². The Morgan fingerprint density at radius 3 is 2.84 bits per heavy atom. The number of nitrogens with one attached hydrogen (secondary N) is 1. The Kier molecular flexibility index (Phi) is 6.84. The van der Waals surface area contributed by atoms with E-state index in [1.165, 1.54) is 0 Å². The van der Waals surface area contributed by atoms with Crippen LogP contribution in [0.25, 0.3) is 0 Å². The normalized spacial score (nSPS) is 21.1. The summed E-state index contributed by atoms with van der Waals surface area (Å²) in [6.07, 6.45) is 3.02. The maximum Gasteiger partial charge on any atom is 0.306 e. The Labute approximate surface area is 115 Å². The van der Waals surface area contributed by atoms with Gasteiger partial charge in [0.1, 0.15) is 6.61 Å². The van der Waals surface area contributed by atoms with Gasteiger partial charge in [-0.05, 0) is 37.6 Å². The molecule has 0 spiro atoms. The Hall–Kier alpha value is -1.10. The molecular weight excluding hydrogens is 244 g/mol. The Morgan fingerprint density at radius 2 is 2.26 bits per heavy atom. The van der Waals surface area contributed by atoms with Gasteiger partial charge in [-0.3, -0.25) is 9.59 Å². The zero-order valence-corrected chi connectivity index (χ0v) is 12.0. The van der Waals surface area contributed by atoms with Gasteiger partial charge in [0.2, 0.25) is 5.91 Å². The molecule has 1 fully saturated rings. The van der Waals surface area contributed by atoms with Crippen LogP contribution >= 0.6 is 0 Å². The van der Waals surface area contributed by atoms with Crippen LogP contribution in [0.15, 0.2) is 0 Å². The van der Waals surface area contributed by atoms with Crippen LogP contribution in [0.4, 0.5) is 0 Å². The maximum absolute atomic E-state index is 11.7. The van der Waals surface area contributed by atoms with Crippen molar-refractivity contribution < 1.29 is 14.3 Å². The number of hydrogen-bond acceptors (Lipinski definition) is 4. The van der Waals surface area contributed by atoms with E-state index < -0.39 is 0 Å². The van der Waals surface area contributed by atoms with E-state index in [4.69, 9.17) is 10.5 Å². The average molecular weight is 270 g/mol. The van der Waals surface area contributed by atoms with Gasteiger partial charge < -0.3 is 15.8 Å². The molecule has 3 N–H and O–H groups in total. The highest BCUT2D eigenvalue weighted by Gasteiger charge is 2.24. The van der Waals surface area contributed by atoms with E-state index in [0.29, 0.717) is 18.9 Å². The van der Waals surface area contributed by atoms with E-state index in [1.807, 2.05) is 0 Å². The lowest BCUT2D eigenvalue weighted by Crippen LogP contribution is -2.39. The molecule has 0 aromatic carbocycles. The summed E-state index contributed by atoms with van der Waals surface area (Å²) in [6, 6.07) is 0. The van der Waals surface area contributed by atoms with Crippen molar-refractivity contribution >= 4 is 11.9 Å². The fourth-order valence-electron chi connectivity index (χ4n) is 2.41. The number of nitrogens with two attached hydrogens (primary N) is 1. The molecule has 0 saturated carbocycles. The third kappa shape index (κ3) is 6.05. The van der Waals surface area contributed by atoms with Crippen molar-refractivity contribution in [3.63, 3.8) is 0 Å². The number of amides is 1. The van der Waals surface area contributed by atoms with Crippen LogP contribution in [0.5, 0.6) is 0 Å². The molecule has 1 rings (SSSR count). The van der Waals surface area contributed by atoms with Gasteiger partial charge in [0.25, 0.3) is 0 Å². The minimum absolute atomic E-state index is 0.00314. The topological polar surface area (TPSA) is 81.4 Å². The third-order valence-electron chi connectivity index (χ3n) is 3.44. The van der Waals surface area contributed by atoms with Crippen molar-refractivity contribution in [1.82, 2.24) is 5.32 Å². The quantitative estimate of drug-likeness (QED) is 0.678. The van der Waals surface area contributed by atoms with Crippen molar-refractivity contribution in [3.05, 3.63) is 0 Å². The number of piperidine rings is 1. The number of hydrogen-bond donors (Lipinski definition) is 2. The summed E-state index contributed by atoms with van der Waals surface area (Å²) >= 11 is 0. The van der Waals surface area contributed by atoms with Crippen molar-refractivity contribution in [3.8, 4) is 0 Å². The first kappa shape index (κ1) is 16.0. The second-order valence-electron chi connectivity index (χ2n) is 5.75. The predicted molar refractivity (Wildman–Crippen MR) is 73.3 cm³/mol. The zero-order chi connectivity index (χ0) is 14.3. The molecule has 110 valence electrons. The van der Waals surface area contributed by atoms with E-state index in [1.54, 1.807) is 0 Å². The molecule has 0 bridgehead atoms. The fourth-order valence-corrected chi connectivity index (χ4v) is 2.41. The molecule has 1 amide bonds. The van der Waals surface area contributed by atoms with Gasteiger partial charge in [0.05, 0.1) is 5.92 Å². The second kappa shape index (κ2) is 8.15. The lowest BCUT2D eigenvalue weighted by molar-refractivity contribution is -0.148. The zero-order valence-electron chi connectivity index (χ0n) is 12.0. The molecule has 0 unspecified atom stereocenters. The van der Waals surface area contributed by atoms with E-state index in [-0.39, 0.29) is 30.3 Å². The van der Waals surface area contributed by atoms with Crippen LogP contribution in [-0.2, 0) is 14.3 Å². The standard InChI is InChI=1S/C14H26N2O3/c1-10(2)6-11(8-15)7-13(17)19-9-12-4-3-5-16-14(12)18/h10-12H,3-9,15H2,1-2H3,(H,16,18)/t11-,12-/m0/s1. The molecule has 0 aliphatic carbocycles. The highest BCUT2D eigenvalue weighted by molar-refractivity contribution is 5.79. The van der Waals surface area contributed by atoms with E-state index in [9.17, 15) is 9.59 Å². The summed E-state index contributed by atoms with van der Waals surface area (Å²) in [4.78, 5) is 23.2. The molecule has 19 heavy (non-hydrogen) atoms. The Balaban J connectivity index is 2.28. The minimum atomic E-state index is -0.241. The largest absolute Gasteiger partial charge is 0.465 e. The number of carbonyl (C=O) groups excluding carboxylic acids is 2. The number of ether oxygens (including phenoxy) is 1. The molecule has 1 heterocycles. The van der Waals surface area contributed by atoms with Crippen LogP contribution in [0.3, 0.4) is 0 Å². The smallest absolute Gasteiger partial charge is 0.306 e. The third-order valence-corrected chi connectivity index (χ3v) is 3.44. The van der Waals surface area contributed by atoms with Crippen LogP contribution < -0.4 is 11.1 Å². The minimum Gasteiger partial charge on any atom is -0.465 e. The van der Waals surface area contributed by atoms with Gasteiger partial charge in [-0.15, -0.1) is 0 Å². The van der Waals surface area contributed by atoms with Gasteiger partial charge in [-0.1, -0.05) is 13.8 Å². The van der Waals surface area contributed by atoms with Crippen molar-refractivity contribution in [2.75, 3.05) is 19.7 Å². The lowest BCUT2D eigenvalue weighted by Gasteiger charge is -2.22. The molecule has 1 saturated heterocycles. The van der Waals surface area contributed by atoms with E-state index >= 15 is 0 Å². The fraction of sp³-hybridized carbons (Fsp3) is 0.857. The molecule has 1 aliphatic rings. The second-order valence-corrected chi connectivity index (χ2v) is 5.75. The summed E-state index contributed by atoms with van der Waals surface area (Å²) in [5, 5.41) is 2.78. The van der Waals surface area contributed by atoms with Gasteiger partial charge >= 0.3 is 5.97 Å². The first-order valence-corrected chi connectivity index (χ1v) is 7.16. The van der Waals surface area contributed by atoms with Gasteiger partial charge in [-0.25, -0.2) is 0 Å². The summed E-state index contributed by atoms with van der Waals surface area (Å²) in [7, 11) is 0. The SMILES string of the molecule is CC(C)C[C@H](CN)CC(=O)OC[C@@H]1CCCNC1=O. The molecule has 5 nitrogen and oxygen atoms in total. The van der Waals surface area contributed by atoms with Crippen molar-refractivity contribution in [2.45, 2.75) is 39.5 Å². The number of carbonyl (C=O) groups is 2. The Bertz CT molecular complexity index is 305. The average Bonchev–Trinajstić information content (AvgIpc) is 2.36.